The molecule has 58 heavy (non-hydrogen) atoms. The number of furan rings is 1. The van der Waals surface area contributed by atoms with Crippen molar-refractivity contribution in [3.8, 4) is 0 Å². The summed E-state index contributed by atoms with van der Waals surface area (Å²) in [7, 11) is 0. The Morgan fingerprint density at radius 1 is 0.500 bits per heavy atom. The van der Waals surface area contributed by atoms with E-state index in [1.807, 2.05) is 0 Å². The van der Waals surface area contributed by atoms with Crippen LogP contribution in [0.2, 0.25) is 0 Å². The molecule has 1 aliphatic rings. The van der Waals surface area contributed by atoms with Crippen molar-refractivity contribution in [1.82, 2.24) is 13.5 Å². The Morgan fingerprint density at radius 2 is 1.09 bits per heavy atom. The minimum atomic E-state index is -0.154. The Morgan fingerprint density at radius 3 is 1.81 bits per heavy atom. The second kappa shape index (κ2) is 10.9. The van der Waals surface area contributed by atoms with Gasteiger partial charge >= 0.3 is 0 Å². The van der Waals surface area contributed by atoms with Crippen LogP contribution in [0.15, 0.2) is 173 Å². The van der Waals surface area contributed by atoms with E-state index >= 15 is 0 Å². The highest BCUT2D eigenvalue weighted by Gasteiger charge is 2.41. The van der Waals surface area contributed by atoms with Gasteiger partial charge in [0.15, 0.2) is 5.76 Å². The molecule has 0 saturated heterocycles. The first-order valence-electron chi connectivity index (χ1n) is 20.4. The summed E-state index contributed by atoms with van der Waals surface area (Å²) < 4.78 is 14.6. The van der Waals surface area contributed by atoms with Crippen molar-refractivity contribution >= 4 is 115 Å². The van der Waals surface area contributed by atoms with Crippen LogP contribution in [-0.4, -0.2) is 19.4 Å². The van der Waals surface area contributed by atoms with Gasteiger partial charge in [-0.2, -0.15) is 0 Å². The predicted octanol–water partition coefficient (Wildman–Crippen LogP) is 14.2. The minimum Gasteiger partial charge on any atom is -0.456 e. The van der Waals surface area contributed by atoms with Gasteiger partial charge in [-0.1, -0.05) is 122 Å². The lowest BCUT2D eigenvalue weighted by atomic mass is 9.89. The summed E-state index contributed by atoms with van der Waals surface area (Å²) in [5.41, 5.74) is 10.3. The maximum absolute atomic E-state index is 6.99. The average Bonchev–Trinajstić information content (AvgIpc) is 4.07. The third-order valence-electron chi connectivity index (χ3n) is 13.4. The van der Waals surface area contributed by atoms with Crippen LogP contribution in [0.4, 0.5) is 5.69 Å². The van der Waals surface area contributed by atoms with Gasteiger partial charge in [-0.3, -0.25) is 4.57 Å². The predicted molar refractivity (Wildman–Crippen MR) is 242 cm³/mol. The molecule has 0 aliphatic carbocycles. The molecule has 0 radical (unpaired) electrons. The Balaban J connectivity index is 1.20. The smallest absolute Gasteiger partial charge is 0.154 e. The van der Waals surface area contributed by atoms with Crippen molar-refractivity contribution in [2.75, 3.05) is 0 Å². The molecule has 5 aromatic heterocycles. The molecule has 6 heterocycles. The van der Waals surface area contributed by atoms with Crippen molar-refractivity contribution in [2.24, 2.45) is 10.9 Å². The standard InChI is InChI=1S/C53H34N4O/c1-2-31-51(56-39-22-10-5-17-33(39)34-18-6-11-23-40(34)56)52-49(37-21-9-14-26-45(37)58-52)54-53(31)57-43-28-27-30-15-3-4-16-32(30)46(43)48-44(57)29-38-35-19-7-12-24-41(35)55-42-25-13-8-20-36(42)47(48)50(38)55/h3-29,31,51H,2H2,1H3. The molecule has 1 aliphatic heterocycles. The number of fused-ring (bicyclic) bond motifs is 18. The molecular formula is C53H34N4O. The van der Waals surface area contributed by atoms with E-state index in [4.69, 9.17) is 9.41 Å². The number of hydrogen-bond donors (Lipinski definition) is 0. The molecule has 5 heteroatoms. The minimum absolute atomic E-state index is 0.0320. The van der Waals surface area contributed by atoms with E-state index in [0.29, 0.717) is 0 Å². The van der Waals surface area contributed by atoms with Crippen LogP contribution in [0.25, 0.3) is 103 Å². The fourth-order valence-corrected chi connectivity index (χ4v) is 11.1. The van der Waals surface area contributed by atoms with Crippen LogP contribution in [0.5, 0.6) is 0 Å². The highest BCUT2D eigenvalue weighted by molar-refractivity contribution is 6.39. The Kier molecular flexibility index (Phi) is 5.80. The molecule has 0 N–H and O–H groups in total. The highest BCUT2D eigenvalue weighted by atomic mass is 16.3. The van der Waals surface area contributed by atoms with Gasteiger partial charge in [-0.25, -0.2) is 4.99 Å². The van der Waals surface area contributed by atoms with Gasteiger partial charge in [0.05, 0.1) is 27.6 Å². The molecule has 2 unspecified atom stereocenters. The molecule has 5 nitrogen and oxygen atoms in total. The van der Waals surface area contributed by atoms with E-state index in [9.17, 15) is 0 Å². The summed E-state index contributed by atoms with van der Waals surface area (Å²) in [6.45, 7) is 2.32. The Labute approximate surface area is 331 Å². The Bertz CT molecular complexity index is 3870. The number of aliphatic imine (C=N–C) groups is 1. The Hall–Kier alpha value is -7.37. The molecule has 8 aromatic carbocycles. The maximum atomic E-state index is 6.99. The van der Waals surface area contributed by atoms with Crippen LogP contribution in [0.3, 0.4) is 0 Å². The molecule has 0 spiro atoms. The van der Waals surface area contributed by atoms with Crippen molar-refractivity contribution in [3.05, 3.63) is 170 Å². The van der Waals surface area contributed by atoms with E-state index in [-0.39, 0.29) is 12.0 Å². The molecule has 13 aromatic rings. The van der Waals surface area contributed by atoms with Gasteiger partial charge in [0, 0.05) is 65.4 Å². The lowest BCUT2D eigenvalue weighted by molar-refractivity contribution is 0.387. The zero-order valence-electron chi connectivity index (χ0n) is 31.6. The summed E-state index contributed by atoms with van der Waals surface area (Å²) in [5.74, 6) is 1.94. The van der Waals surface area contributed by atoms with Crippen LogP contribution in [0.1, 0.15) is 25.1 Å². The van der Waals surface area contributed by atoms with Crippen molar-refractivity contribution in [3.63, 3.8) is 0 Å². The van der Waals surface area contributed by atoms with Crippen LogP contribution in [-0.2, 0) is 0 Å². The number of benzene rings is 8. The molecule has 2 atom stereocenters. The second-order valence-corrected chi connectivity index (χ2v) is 16.1. The van der Waals surface area contributed by atoms with E-state index < -0.39 is 0 Å². The van der Waals surface area contributed by atoms with E-state index in [0.717, 1.165) is 34.7 Å². The van der Waals surface area contributed by atoms with Gasteiger partial charge in [0.2, 0.25) is 0 Å². The van der Waals surface area contributed by atoms with Gasteiger partial charge in [0.1, 0.15) is 23.1 Å². The van der Waals surface area contributed by atoms with E-state index in [1.165, 1.54) is 92.5 Å². The lowest BCUT2D eigenvalue weighted by Gasteiger charge is -2.33. The van der Waals surface area contributed by atoms with Crippen molar-refractivity contribution in [2.45, 2.75) is 19.4 Å². The second-order valence-electron chi connectivity index (χ2n) is 16.1. The monoisotopic (exact) mass is 742 g/mol. The number of hydrogen-bond acceptors (Lipinski definition) is 2. The number of para-hydroxylation sites is 5. The SMILES string of the molecule is CCC1C(n2c3ccc4ccccc4c3c3c4c5ccccc5n5c6ccccc6c(cc32)c45)=Nc2c(oc3ccccc23)C1n1c2ccccc2c2ccccc21. The fourth-order valence-electron chi connectivity index (χ4n) is 11.1. The molecule has 0 bridgehead atoms. The zero-order chi connectivity index (χ0) is 37.8. The molecule has 0 fully saturated rings. The van der Waals surface area contributed by atoms with Gasteiger partial charge in [-0.05, 0) is 65.7 Å². The van der Waals surface area contributed by atoms with Crippen LogP contribution < -0.4 is 0 Å². The van der Waals surface area contributed by atoms with Gasteiger partial charge < -0.3 is 13.4 Å². The van der Waals surface area contributed by atoms with Gasteiger partial charge in [0.25, 0.3) is 0 Å². The first-order valence-corrected chi connectivity index (χ1v) is 20.4. The summed E-state index contributed by atoms with van der Waals surface area (Å²) in [5, 5.41) is 13.7. The summed E-state index contributed by atoms with van der Waals surface area (Å²) >= 11 is 0. The topological polar surface area (TPSA) is 39.8 Å². The quantitative estimate of drug-likeness (QED) is 0.174. The van der Waals surface area contributed by atoms with Crippen LogP contribution >= 0.6 is 0 Å². The molecule has 0 amide bonds. The largest absolute Gasteiger partial charge is 0.456 e. The average molecular weight is 743 g/mol. The fraction of sp³-hybridized carbons (Fsp3) is 0.0755. The molecule has 272 valence electrons. The summed E-state index contributed by atoms with van der Waals surface area (Å²) in [4.78, 5) is 5.84. The van der Waals surface area contributed by atoms with Gasteiger partial charge in [-0.15, -0.1) is 0 Å². The third-order valence-corrected chi connectivity index (χ3v) is 13.4. The number of rotatable bonds is 2. The van der Waals surface area contributed by atoms with Crippen molar-refractivity contribution < 1.29 is 4.42 Å². The first kappa shape index (κ1) is 30.8. The molecular weight excluding hydrogens is 709 g/mol. The maximum Gasteiger partial charge on any atom is 0.154 e. The summed E-state index contributed by atoms with van der Waals surface area (Å²) in [6.07, 6.45) is 0.854. The van der Waals surface area contributed by atoms with E-state index in [2.05, 4.69) is 184 Å². The van der Waals surface area contributed by atoms with Crippen LogP contribution in [0, 0.1) is 5.92 Å². The normalized spacial score (nSPS) is 16.2. The number of aromatic nitrogens is 3. The third kappa shape index (κ3) is 3.66. The lowest BCUT2D eigenvalue weighted by Crippen LogP contribution is -2.33. The summed E-state index contributed by atoms with van der Waals surface area (Å²) in [6, 6.07) is 59.8. The zero-order valence-corrected chi connectivity index (χ0v) is 31.6. The first-order chi connectivity index (χ1) is 28.8. The van der Waals surface area contributed by atoms with E-state index in [1.54, 1.807) is 0 Å². The number of nitrogens with zero attached hydrogens (tertiary/aromatic N) is 4. The molecule has 14 rings (SSSR count). The molecule has 0 saturated carbocycles. The van der Waals surface area contributed by atoms with Crippen molar-refractivity contribution in [1.29, 1.82) is 0 Å². The highest BCUT2D eigenvalue weighted by Crippen LogP contribution is 2.52.